The summed E-state index contributed by atoms with van der Waals surface area (Å²) in [5.74, 6) is 0.414. The van der Waals surface area contributed by atoms with E-state index in [1.165, 1.54) is 13.2 Å². The zero-order valence-electron chi connectivity index (χ0n) is 14.5. The maximum Gasteiger partial charge on any atom is 0.255 e. The van der Waals surface area contributed by atoms with Gasteiger partial charge in [-0.1, -0.05) is 65.7 Å². The van der Waals surface area contributed by atoms with Gasteiger partial charge in [-0.05, 0) is 29.8 Å². The summed E-state index contributed by atoms with van der Waals surface area (Å²) >= 11 is 12.4. The third-order valence-electron chi connectivity index (χ3n) is 3.84. The molecular formula is C21H17Cl2NO3. The Kier molecular flexibility index (Phi) is 6.22. The number of amides is 1. The van der Waals surface area contributed by atoms with Gasteiger partial charge in [-0.25, -0.2) is 0 Å². The molecule has 0 heterocycles. The standard InChI is InChI=1S/C21H17Cl2NO3/c1-26-20-17(23)11-15(21(25)24-18-10-6-5-9-16(18)22)12-19(20)27-13-14-7-3-2-4-8-14/h2-12H,13H2,1H3,(H,24,25). The van der Waals surface area contributed by atoms with Crippen LogP contribution in [0.15, 0.2) is 66.7 Å². The molecule has 0 aromatic heterocycles. The van der Waals surface area contributed by atoms with E-state index in [1.54, 1.807) is 30.3 Å². The average Bonchev–Trinajstić information content (AvgIpc) is 2.68. The largest absolute Gasteiger partial charge is 0.491 e. The lowest BCUT2D eigenvalue weighted by atomic mass is 10.1. The highest BCUT2D eigenvalue weighted by molar-refractivity contribution is 6.34. The van der Waals surface area contributed by atoms with E-state index in [0.717, 1.165) is 5.56 Å². The number of carbonyl (C=O) groups excluding carboxylic acids is 1. The van der Waals surface area contributed by atoms with Crippen LogP contribution in [0, 0.1) is 0 Å². The fourth-order valence-electron chi connectivity index (χ4n) is 2.50. The number of para-hydroxylation sites is 1. The van der Waals surface area contributed by atoms with Crippen molar-refractivity contribution >= 4 is 34.8 Å². The van der Waals surface area contributed by atoms with Crippen LogP contribution in [0.3, 0.4) is 0 Å². The van der Waals surface area contributed by atoms with Crippen LogP contribution >= 0.6 is 23.2 Å². The number of carbonyl (C=O) groups is 1. The van der Waals surface area contributed by atoms with Crippen LogP contribution in [0.5, 0.6) is 11.5 Å². The average molecular weight is 402 g/mol. The van der Waals surface area contributed by atoms with Gasteiger partial charge in [0, 0.05) is 5.56 Å². The summed E-state index contributed by atoms with van der Waals surface area (Å²) in [6, 6.07) is 19.8. The van der Waals surface area contributed by atoms with Crippen molar-refractivity contribution in [3.8, 4) is 11.5 Å². The van der Waals surface area contributed by atoms with E-state index in [1.807, 2.05) is 30.3 Å². The highest BCUT2D eigenvalue weighted by atomic mass is 35.5. The van der Waals surface area contributed by atoms with E-state index >= 15 is 0 Å². The normalized spacial score (nSPS) is 10.3. The third-order valence-corrected chi connectivity index (χ3v) is 4.45. The van der Waals surface area contributed by atoms with Gasteiger partial charge in [-0.15, -0.1) is 0 Å². The minimum Gasteiger partial charge on any atom is -0.491 e. The first-order chi connectivity index (χ1) is 13.1. The van der Waals surface area contributed by atoms with Crippen LogP contribution in [0.2, 0.25) is 10.0 Å². The van der Waals surface area contributed by atoms with Crippen molar-refractivity contribution in [2.75, 3.05) is 12.4 Å². The molecule has 6 heteroatoms. The second kappa shape index (κ2) is 8.80. The van der Waals surface area contributed by atoms with Crippen LogP contribution in [-0.4, -0.2) is 13.0 Å². The lowest BCUT2D eigenvalue weighted by Gasteiger charge is -2.14. The number of nitrogens with one attached hydrogen (secondary N) is 1. The predicted molar refractivity (Wildman–Crippen MR) is 108 cm³/mol. The van der Waals surface area contributed by atoms with Gasteiger partial charge in [0.25, 0.3) is 5.91 Å². The van der Waals surface area contributed by atoms with E-state index in [-0.39, 0.29) is 10.9 Å². The monoisotopic (exact) mass is 401 g/mol. The van der Waals surface area contributed by atoms with Crippen LogP contribution < -0.4 is 14.8 Å². The minimum atomic E-state index is -0.350. The van der Waals surface area contributed by atoms with Gasteiger partial charge in [0.05, 0.1) is 22.8 Å². The Morgan fingerprint density at radius 2 is 1.67 bits per heavy atom. The van der Waals surface area contributed by atoms with Crippen molar-refractivity contribution in [3.63, 3.8) is 0 Å². The van der Waals surface area contributed by atoms with Crippen LogP contribution in [0.25, 0.3) is 0 Å². The summed E-state index contributed by atoms with van der Waals surface area (Å²) in [4.78, 5) is 12.6. The van der Waals surface area contributed by atoms with Crippen molar-refractivity contribution in [1.29, 1.82) is 0 Å². The third kappa shape index (κ3) is 4.73. The molecule has 0 aliphatic rings. The van der Waals surface area contributed by atoms with E-state index in [2.05, 4.69) is 5.32 Å². The fraction of sp³-hybridized carbons (Fsp3) is 0.0952. The molecule has 1 N–H and O–H groups in total. The fourth-order valence-corrected chi connectivity index (χ4v) is 2.97. The number of hydrogen-bond donors (Lipinski definition) is 1. The Labute approximate surface area is 167 Å². The zero-order valence-corrected chi connectivity index (χ0v) is 16.1. The first kappa shape index (κ1) is 19.1. The molecule has 0 aliphatic heterocycles. The van der Waals surface area contributed by atoms with Crippen molar-refractivity contribution in [2.45, 2.75) is 6.61 Å². The summed E-state index contributed by atoms with van der Waals surface area (Å²) in [7, 11) is 1.50. The number of methoxy groups -OCH3 is 1. The lowest BCUT2D eigenvalue weighted by molar-refractivity contribution is 0.102. The maximum atomic E-state index is 12.6. The molecular weight excluding hydrogens is 385 g/mol. The van der Waals surface area contributed by atoms with Crippen molar-refractivity contribution < 1.29 is 14.3 Å². The quantitative estimate of drug-likeness (QED) is 0.564. The summed E-state index contributed by atoms with van der Waals surface area (Å²) in [5.41, 5.74) is 1.84. The van der Waals surface area contributed by atoms with E-state index in [4.69, 9.17) is 32.7 Å². The lowest BCUT2D eigenvalue weighted by Crippen LogP contribution is -2.13. The molecule has 0 fully saturated rings. The Morgan fingerprint density at radius 1 is 0.963 bits per heavy atom. The molecule has 0 atom stereocenters. The molecule has 0 radical (unpaired) electrons. The van der Waals surface area contributed by atoms with E-state index in [0.29, 0.717) is 34.4 Å². The smallest absolute Gasteiger partial charge is 0.255 e. The number of hydrogen-bond acceptors (Lipinski definition) is 3. The van der Waals surface area contributed by atoms with Crippen LogP contribution in [-0.2, 0) is 6.61 Å². The van der Waals surface area contributed by atoms with Gasteiger partial charge in [0.2, 0.25) is 0 Å². The van der Waals surface area contributed by atoms with Gasteiger partial charge in [0.1, 0.15) is 6.61 Å². The molecule has 0 spiro atoms. The van der Waals surface area contributed by atoms with Gasteiger partial charge in [-0.2, -0.15) is 0 Å². The highest BCUT2D eigenvalue weighted by Crippen LogP contribution is 2.37. The Morgan fingerprint density at radius 3 is 2.37 bits per heavy atom. The van der Waals surface area contributed by atoms with Crippen molar-refractivity contribution in [2.24, 2.45) is 0 Å². The molecule has 27 heavy (non-hydrogen) atoms. The topological polar surface area (TPSA) is 47.6 Å². The molecule has 0 saturated heterocycles. The summed E-state index contributed by atoms with van der Waals surface area (Å²) < 4.78 is 11.2. The summed E-state index contributed by atoms with van der Waals surface area (Å²) in [6.45, 7) is 0.323. The second-order valence-electron chi connectivity index (χ2n) is 5.70. The zero-order chi connectivity index (χ0) is 19.2. The SMILES string of the molecule is COc1c(Cl)cc(C(=O)Nc2ccccc2Cl)cc1OCc1ccccc1. The van der Waals surface area contributed by atoms with Gasteiger partial charge >= 0.3 is 0 Å². The molecule has 1 amide bonds. The number of anilines is 1. The molecule has 0 saturated carbocycles. The minimum absolute atomic E-state index is 0.285. The van der Waals surface area contributed by atoms with Crippen molar-refractivity contribution in [1.82, 2.24) is 0 Å². The molecule has 3 rings (SSSR count). The number of rotatable bonds is 6. The van der Waals surface area contributed by atoms with Crippen molar-refractivity contribution in [3.05, 3.63) is 87.9 Å². The van der Waals surface area contributed by atoms with Gasteiger partial charge in [-0.3, -0.25) is 4.79 Å². The van der Waals surface area contributed by atoms with Crippen LogP contribution in [0.1, 0.15) is 15.9 Å². The highest BCUT2D eigenvalue weighted by Gasteiger charge is 2.17. The Bertz CT molecular complexity index is 945. The Hall–Kier alpha value is -2.69. The first-order valence-electron chi connectivity index (χ1n) is 8.18. The molecule has 0 unspecified atom stereocenters. The summed E-state index contributed by atoms with van der Waals surface area (Å²) in [6.07, 6.45) is 0. The number of benzene rings is 3. The molecule has 138 valence electrons. The van der Waals surface area contributed by atoms with Gasteiger partial charge in [0.15, 0.2) is 11.5 Å². The molecule has 3 aromatic carbocycles. The molecule has 4 nitrogen and oxygen atoms in total. The van der Waals surface area contributed by atoms with Crippen LogP contribution in [0.4, 0.5) is 5.69 Å². The second-order valence-corrected chi connectivity index (χ2v) is 6.51. The molecule has 3 aromatic rings. The number of ether oxygens (including phenoxy) is 2. The first-order valence-corrected chi connectivity index (χ1v) is 8.94. The Balaban J connectivity index is 1.84. The summed E-state index contributed by atoms with van der Waals surface area (Å²) in [5, 5.41) is 3.50. The van der Waals surface area contributed by atoms with E-state index < -0.39 is 0 Å². The number of halogens is 2. The van der Waals surface area contributed by atoms with E-state index in [9.17, 15) is 4.79 Å². The maximum absolute atomic E-state index is 12.6. The molecule has 0 aliphatic carbocycles. The predicted octanol–water partition coefficient (Wildman–Crippen LogP) is 5.83. The molecule has 0 bridgehead atoms. The van der Waals surface area contributed by atoms with Gasteiger partial charge < -0.3 is 14.8 Å².